The second-order valence-corrected chi connectivity index (χ2v) is 11.4. The molecule has 4 rings (SSSR count). The molecule has 1 nitrogen and oxygen atoms in total. The third-order valence-electron chi connectivity index (χ3n) is 9.28. The normalized spacial score (nSPS) is 33.3. The van der Waals surface area contributed by atoms with E-state index in [-0.39, 0.29) is 11.7 Å². The molecule has 3 aliphatic carbocycles. The van der Waals surface area contributed by atoms with Crippen LogP contribution in [-0.2, 0) is 0 Å². The molecular weight excluding hydrogens is 414 g/mol. The van der Waals surface area contributed by atoms with Crippen molar-refractivity contribution in [3.8, 4) is 5.75 Å². The quantitative estimate of drug-likeness (QED) is 0.370. The molecule has 1 aromatic carbocycles. The predicted octanol–water partition coefficient (Wildman–Crippen LogP) is 9.22. The highest BCUT2D eigenvalue weighted by molar-refractivity contribution is 5.33. The van der Waals surface area contributed by atoms with E-state index in [4.69, 9.17) is 4.74 Å². The van der Waals surface area contributed by atoms with Crippen LogP contribution in [0.25, 0.3) is 0 Å². The molecule has 0 N–H and O–H groups in total. The second-order valence-electron chi connectivity index (χ2n) is 11.4. The first-order valence-corrected chi connectivity index (χ1v) is 13.7. The first-order chi connectivity index (χ1) is 16.0. The molecular formula is C30H44F2O. The van der Waals surface area contributed by atoms with Gasteiger partial charge in [0, 0.05) is 0 Å². The van der Waals surface area contributed by atoms with Crippen molar-refractivity contribution in [2.45, 2.75) is 103 Å². The van der Waals surface area contributed by atoms with Gasteiger partial charge in [-0.25, -0.2) is 4.39 Å². The molecule has 0 aromatic heterocycles. The van der Waals surface area contributed by atoms with Gasteiger partial charge >= 0.3 is 0 Å². The Balaban J connectivity index is 1.16. The molecule has 0 unspecified atom stereocenters. The van der Waals surface area contributed by atoms with Gasteiger partial charge in [-0.15, -0.1) is 0 Å². The van der Waals surface area contributed by atoms with Crippen LogP contribution < -0.4 is 4.74 Å². The molecule has 0 atom stereocenters. The highest BCUT2D eigenvalue weighted by Gasteiger charge is 2.32. The van der Waals surface area contributed by atoms with Crippen molar-refractivity contribution >= 4 is 0 Å². The maximum Gasteiger partial charge on any atom is 0.200 e. The van der Waals surface area contributed by atoms with Crippen molar-refractivity contribution in [3.63, 3.8) is 0 Å². The van der Waals surface area contributed by atoms with E-state index in [1.165, 1.54) is 71.3 Å². The Kier molecular flexibility index (Phi) is 8.88. The van der Waals surface area contributed by atoms with Crippen LogP contribution in [0.15, 0.2) is 24.3 Å². The van der Waals surface area contributed by atoms with Gasteiger partial charge in [-0.3, -0.25) is 0 Å². The number of allylic oxidation sites excluding steroid dienone is 2. The van der Waals surface area contributed by atoms with E-state index in [1.54, 1.807) is 12.1 Å². The Bertz CT molecular complexity index is 764. The Morgan fingerprint density at radius 3 is 2.09 bits per heavy atom. The average Bonchev–Trinajstić information content (AvgIpc) is 2.85. The van der Waals surface area contributed by atoms with Crippen LogP contribution in [0, 0.1) is 41.2 Å². The predicted molar refractivity (Wildman–Crippen MR) is 133 cm³/mol. The summed E-state index contributed by atoms with van der Waals surface area (Å²) >= 11 is 0. The molecule has 1 aromatic rings. The second kappa shape index (κ2) is 11.8. The zero-order valence-electron chi connectivity index (χ0n) is 20.8. The average molecular weight is 459 g/mol. The van der Waals surface area contributed by atoms with Gasteiger partial charge < -0.3 is 4.74 Å². The fourth-order valence-electron chi connectivity index (χ4n) is 6.97. The molecule has 0 amide bonds. The molecule has 3 aliphatic rings. The van der Waals surface area contributed by atoms with Crippen molar-refractivity contribution in [1.82, 2.24) is 0 Å². The number of hydrogen-bond acceptors (Lipinski definition) is 1. The Morgan fingerprint density at radius 2 is 1.45 bits per heavy atom. The minimum atomic E-state index is -0.835. The topological polar surface area (TPSA) is 9.23 Å². The Morgan fingerprint density at radius 1 is 0.818 bits per heavy atom. The van der Waals surface area contributed by atoms with Gasteiger partial charge in [0.2, 0.25) is 5.82 Å². The monoisotopic (exact) mass is 458 g/mol. The van der Waals surface area contributed by atoms with E-state index < -0.39 is 11.6 Å². The molecule has 3 fully saturated rings. The van der Waals surface area contributed by atoms with Crippen LogP contribution in [0.5, 0.6) is 5.75 Å². The summed E-state index contributed by atoms with van der Waals surface area (Å²) in [5.74, 6) is 2.93. The smallest absolute Gasteiger partial charge is 0.200 e. The summed E-state index contributed by atoms with van der Waals surface area (Å²) < 4.78 is 33.6. The van der Waals surface area contributed by atoms with Crippen molar-refractivity contribution in [2.24, 2.45) is 29.6 Å². The lowest BCUT2D eigenvalue weighted by atomic mass is 9.68. The number of rotatable bonds is 7. The summed E-state index contributed by atoms with van der Waals surface area (Å²) in [6, 6.07) is 3.31. The number of benzene rings is 1. The van der Waals surface area contributed by atoms with Crippen molar-refractivity contribution in [3.05, 3.63) is 41.5 Å². The summed E-state index contributed by atoms with van der Waals surface area (Å²) in [4.78, 5) is 0. The SMILES string of the molecule is COc1ccc(C2CCC(C3CCC(CC/C=C/C4CCC(C)CC4)CC3)CC2)c(F)c1F. The summed E-state index contributed by atoms with van der Waals surface area (Å²) in [5.41, 5.74) is 0.547. The summed E-state index contributed by atoms with van der Waals surface area (Å²) in [6.45, 7) is 2.39. The molecule has 0 spiro atoms. The van der Waals surface area contributed by atoms with Crippen LogP contribution in [0.1, 0.15) is 108 Å². The maximum absolute atomic E-state index is 14.5. The fraction of sp³-hybridized carbons (Fsp3) is 0.733. The van der Waals surface area contributed by atoms with E-state index in [9.17, 15) is 8.78 Å². The van der Waals surface area contributed by atoms with Crippen molar-refractivity contribution < 1.29 is 13.5 Å². The standard InChI is InChI=1S/C30H44F2O/c1-21-7-9-22(10-8-21)5-3-4-6-23-11-13-24(14-12-23)25-15-17-26(18-16-25)27-19-20-28(33-2)30(32)29(27)31/h3,5,19-26H,4,6-18H2,1-2H3/b5-3+. The van der Waals surface area contributed by atoms with Crippen molar-refractivity contribution in [1.29, 1.82) is 0 Å². The lowest BCUT2D eigenvalue weighted by Gasteiger charge is -2.38. The minimum absolute atomic E-state index is 0.000747. The van der Waals surface area contributed by atoms with Gasteiger partial charge in [0.25, 0.3) is 0 Å². The van der Waals surface area contributed by atoms with Gasteiger partial charge in [-0.1, -0.05) is 50.8 Å². The molecule has 0 bridgehead atoms. The minimum Gasteiger partial charge on any atom is -0.494 e. The van der Waals surface area contributed by atoms with Crippen LogP contribution in [0.2, 0.25) is 0 Å². The summed E-state index contributed by atoms with van der Waals surface area (Å²) in [6.07, 6.45) is 23.0. The Labute approximate surface area is 200 Å². The molecule has 3 saturated carbocycles. The first kappa shape index (κ1) is 24.7. The van der Waals surface area contributed by atoms with E-state index in [0.29, 0.717) is 5.56 Å². The summed E-state index contributed by atoms with van der Waals surface area (Å²) in [5, 5.41) is 0. The summed E-state index contributed by atoms with van der Waals surface area (Å²) in [7, 11) is 1.38. The number of methoxy groups -OCH3 is 1. The molecule has 0 radical (unpaired) electrons. The van der Waals surface area contributed by atoms with E-state index in [0.717, 1.165) is 55.3 Å². The number of halogens is 2. The van der Waals surface area contributed by atoms with E-state index >= 15 is 0 Å². The molecule has 3 heteroatoms. The molecule has 0 heterocycles. The molecule has 184 valence electrons. The van der Waals surface area contributed by atoms with Crippen LogP contribution in [0.4, 0.5) is 8.78 Å². The van der Waals surface area contributed by atoms with Gasteiger partial charge in [0.15, 0.2) is 11.6 Å². The van der Waals surface area contributed by atoms with Gasteiger partial charge in [0.1, 0.15) is 0 Å². The van der Waals surface area contributed by atoms with Crippen LogP contribution in [-0.4, -0.2) is 7.11 Å². The van der Waals surface area contributed by atoms with Gasteiger partial charge in [0.05, 0.1) is 7.11 Å². The third-order valence-corrected chi connectivity index (χ3v) is 9.28. The Hall–Kier alpha value is -1.38. The maximum atomic E-state index is 14.5. The highest BCUT2D eigenvalue weighted by Crippen LogP contribution is 2.45. The third kappa shape index (κ3) is 6.40. The first-order valence-electron chi connectivity index (χ1n) is 13.7. The van der Waals surface area contributed by atoms with Crippen molar-refractivity contribution in [2.75, 3.05) is 7.11 Å². The lowest BCUT2D eigenvalue weighted by Crippen LogP contribution is -2.25. The van der Waals surface area contributed by atoms with Crippen LogP contribution >= 0.6 is 0 Å². The molecule has 0 aliphatic heterocycles. The van der Waals surface area contributed by atoms with Gasteiger partial charge in [-0.2, -0.15) is 4.39 Å². The molecule has 0 saturated heterocycles. The zero-order valence-corrected chi connectivity index (χ0v) is 20.8. The lowest BCUT2D eigenvalue weighted by molar-refractivity contribution is 0.156. The zero-order chi connectivity index (χ0) is 23.2. The van der Waals surface area contributed by atoms with E-state index in [1.807, 2.05) is 0 Å². The number of ether oxygens (including phenoxy) is 1. The molecule has 33 heavy (non-hydrogen) atoms. The van der Waals surface area contributed by atoms with E-state index in [2.05, 4.69) is 19.1 Å². The van der Waals surface area contributed by atoms with Crippen LogP contribution in [0.3, 0.4) is 0 Å². The number of hydrogen-bond donors (Lipinski definition) is 0. The highest BCUT2D eigenvalue weighted by atomic mass is 19.2. The largest absolute Gasteiger partial charge is 0.494 e. The van der Waals surface area contributed by atoms with Gasteiger partial charge in [-0.05, 0) is 111 Å². The fourth-order valence-corrected chi connectivity index (χ4v) is 6.97.